The Bertz CT molecular complexity index is 432. The first-order chi connectivity index (χ1) is 10.5. The Morgan fingerprint density at radius 3 is 2.23 bits per heavy atom. The second-order valence-electron chi connectivity index (χ2n) is 5.34. The second kappa shape index (κ2) is 10.1. The lowest BCUT2D eigenvalue weighted by Crippen LogP contribution is -2.41. The molecular formula is C17H28N2O3. The molecule has 5 heteroatoms. The van der Waals surface area contributed by atoms with Crippen molar-refractivity contribution < 1.29 is 14.3 Å². The summed E-state index contributed by atoms with van der Waals surface area (Å²) in [5.41, 5.74) is 0. The molecule has 0 bridgehead atoms. The van der Waals surface area contributed by atoms with Crippen LogP contribution in [0.2, 0.25) is 0 Å². The molecule has 1 aromatic rings. The number of likely N-dealkylation sites (N-methyl/N-ethyl adjacent to an activating group) is 1. The first-order valence-electron chi connectivity index (χ1n) is 7.92. The van der Waals surface area contributed by atoms with E-state index >= 15 is 0 Å². The van der Waals surface area contributed by atoms with Gasteiger partial charge in [-0.25, -0.2) is 0 Å². The van der Waals surface area contributed by atoms with E-state index in [-0.39, 0.29) is 11.9 Å². The maximum Gasteiger partial charge on any atom is 0.234 e. The molecule has 1 amide bonds. The summed E-state index contributed by atoms with van der Waals surface area (Å²) in [5.74, 6) is 1.71. The van der Waals surface area contributed by atoms with Crippen LogP contribution in [-0.2, 0) is 4.79 Å². The van der Waals surface area contributed by atoms with Crippen molar-refractivity contribution in [2.24, 2.45) is 0 Å². The molecule has 0 atom stereocenters. The van der Waals surface area contributed by atoms with Crippen molar-refractivity contribution in [2.75, 3.05) is 32.8 Å². The maximum absolute atomic E-state index is 11.7. The molecule has 0 aromatic heterocycles. The summed E-state index contributed by atoms with van der Waals surface area (Å²) in [4.78, 5) is 13.8. The minimum Gasteiger partial charge on any atom is -0.494 e. The number of nitrogens with one attached hydrogen (secondary N) is 1. The van der Waals surface area contributed by atoms with Gasteiger partial charge >= 0.3 is 0 Å². The van der Waals surface area contributed by atoms with Crippen LogP contribution in [0.1, 0.15) is 27.7 Å². The van der Waals surface area contributed by atoms with Crippen LogP contribution in [0.4, 0.5) is 0 Å². The van der Waals surface area contributed by atoms with E-state index in [0.29, 0.717) is 19.8 Å². The fraction of sp³-hybridized carbons (Fsp3) is 0.588. The molecule has 1 aromatic carbocycles. The van der Waals surface area contributed by atoms with E-state index in [2.05, 4.69) is 10.2 Å². The van der Waals surface area contributed by atoms with Gasteiger partial charge in [0, 0.05) is 12.6 Å². The summed E-state index contributed by atoms with van der Waals surface area (Å²) in [5, 5.41) is 2.90. The lowest BCUT2D eigenvalue weighted by Gasteiger charge is -2.20. The summed E-state index contributed by atoms with van der Waals surface area (Å²) in [6, 6.07) is 7.75. The Hall–Kier alpha value is -1.75. The van der Waals surface area contributed by atoms with Gasteiger partial charge < -0.3 is 14.8 Å². The monoisotopic (exact) mass is 308 g/mol. The van der Waals surface area contributed by atoms with Gasteiger partial charge in [-0.15, -0.1) is 0 Å². The van der Waals surface area contributed by atoms with Gasteiger partial charge in [-0.2, -0.15) is 0 Å². The van der Waals surface area contributed by atoms with Crippen LogP contribution in [0.5, 0.6) is 11.5 Å². The number of amides is 1. The molecule has 0 aliphatic heterocycles. The Kier molecular flexibility index (Phi) is 8.36. The minimum absolute atomic E-state index is 0.0536. The number of carbonyl (C=O) groups is 1. The van der Waals surface area contributed by atoms with Gasteiger partial charge in [0.15, 0.2) is 0 Å². The van der Waals surface area contributed by atoms with Crippen molar-refractivity contribution >= 4 is 5.91 Å². The standard InChI is InChI=1S/C17H28N2O3/c1-5-19(13-17(20)18-14(3)4)11-12-22-16-9-7-15(8-10-16)21-6-2/h7-10,14H,5-6,11-13H2,1-4H3,(H,18,20). The van der Waals surface area contributed by atoms with E-state index < -0.39 is 0 Å². The minimum atomic E-state index is 0.0536. The molecule has 0 spiro atoms. The molecule has 0 saturated heterocycles. The van der Waals surface area contributed by atoms with Crippen LogP contribution in [-0.4, -0.2) is 49.7 Å². The normalized spacial score (nSPS) is 10.8. The zero-order valence-electron chi connectivity index (χ0n) is 14.1. The molecule has 22 heavy (non-hydrogen) atoms. The van der Waals surface area contributed by atoms with Gasteiger partial charge in [0.1, 0.15) is 18.1 Å². The Morgan fingerprint density at radius 2 is 1.73 bits per heavy atom. The summed E-state index contributed by atoms with van der Waals surface area (Å²) in [6.07, 6.45) is 0. The molecule has 0 radical (unpaired) electrons. The highest BCUT2D eigenvalue weighted by Crippen LogP contribution is 2.17. The van der Waals surface area contributed by atoms with Gasteiger partial charge in [0.25, 0.3) is 0 Å². The molecule has 5 nitrogen and oxygen atoms in total. The molecule has 0 unspecified atom stereocenters. The molecule has 0 aliphatic rings. The summed E-state index contributed by atoms with van der Waals surface area (Å²) < 4.78 is 11.1. The second-order valence-corrected chi connectivity index (χ2v) is 5.34. The van der Waals surface area contributed by atoms with E-state index in [9.17, 15) is 4.79 Å². The van der Waals surface area contributed by atoms with Crippen molar-refractivity contribution in [1.29, 1.82) is 0 Å². The number of ether oxygens (including phenoxy) is 2. The largest absolute Gasteiger partial charge is 0.494 e. The highest BCUT2D eigenvalue weighted by atomic mass is 16.5. The molecule has 1 rings (SSSR count). The first-order valence-corrected chi connectivity index (χ1v) is 7.92. The smallest absolute Gasteiger partial charge is 0.234 e. The van der Waals surface area contributed by atoms with Gasteiger partial charge in [0.05, 0.1) is 13.2 Å². The van der Waals surface area contributed by atoms with Crippen molar-refractivity contribution in [1.82, 2.24) is 10.2 Å². The zero-order valence-corrected chi connectivity index (χ0v) is 14.1. The van der Waals surface area contributed by atoms with Crippen molar-refractivity contribution in [3.8, 4) is 11.5 Å². The van der Waals surface area contributed by atoms with E-state index in [1.165, 1.54) is 0 Å². The van der Waals surface area contributed by atoms with Crippen molar-refractivity contribution in [3.05, 3.63) is 24.3 Å². The van der Waals surface area contributed by atoms with Crippen LogP contribution in [0.15, 0.2) is 24.3 Å². The van der Waals surface area contributed by atoms with E-state index in [1.54, 1.807) is 0 Å². The third-order valence-electron chi connectivity index (χ3n) is 3.08. The van der Waals surface area contributed by atoms with Crippen LogP contribution < -0.4 is 14.8 Å². The summed E-state index contributed by atoms with van der Waals surface area (Å²) >= 11 is 0. The van der Waals surface area contributed by atoms with Gasteiger partial charge in [-0.1, -0.05) is 6.92 Å². The van der Waals surface area contributed by atoms with Gasteiger partial charge in [0.2, 0.25) is 5.91 Å². The molecule has 0 heterocycles. The molecule has 0 aliphatic carbocycles. The molecule has 0 saturated carbocycles. The van der Waals surface area contributed by atoms with Crippen molar-refractivity contribution in [3.63, 3.8) is 0 Å². The number of hydrogen-bond donors (Lipinski definition) is 1. The number of rotatable bonds is 10. The zero-order chi connectivity index (χ0) is 16.4. The number of carbonyl (C=O) groups excluding carboxylic acids is 1. The molecular weight excluding hydrogens is 280 g/mol. The quantitative estimate of drug-likeness (QED) is 0.720. The highest BCUT2D eigenvalue weighted by molar-refractivity contribution is 5.78. The number of nitrogens with zero attached hydrogens (tertiary/aromatic N) is 1. The average molecular weight is 308 g/mol. The Labute approximate surface area is 133 Å². The molecule has 124 valence electrons. The van der Waals surface area contributed by atoms with Crippen molar-refractivity contribution in [2.45, 2.75) is 33.7 Å². The summed E-state index contributed by atoms with van der Waals surface area (Å²) in [7, 11) is 0. The number of benzene rings is 1. The van der Waals surface area contributed by atoms with Gasteiger partial charge in [-0.05, 0) is 51.6 Å². The Morgan fingerprint density at radius 1 is 1.14 bits per heavy atom. The van der Waals surface area contributed by atoms with Crippen LogP contribution in [0.25, 0.3) is 0 Å². The average Bonchev–Trinajstić information content (AvgIpc) is 2.47. The fourth-order valence-corrected chi connectivity index (χ4v) is 2.01. The first kappa shape index (κ1) is 18.3. The summed E-state index contributed by atoms with van der Waals surface area (Å²) in [6.45, 7) is 11.1. The third-order valence-corrected chi connectivity index (χ3v) is 3.08. The van der Waals surface area contributed by atoms with Gasteiger partial charge in [-0.3, -0.25) is 9.69 Å². The van der Waals surface area contributed by atoms with Crippen LogP contribution in [0.3, 0.4) is 0 Å². The topological polar surface area (TPSA) is 50.8 Å². The lowest BCUT2D eigenvalue weighted by molar-refractivity contribution is -0.122. The van der Waals surface area contributed by atoms with Crippen LogP contribution in [0, 0.1) is 0 Å². The highest BCUT2D eigenvalue weighted by Gasteiger charge is 2.09. The molecule has 1 N–H and O–H groups in total. The number of hydrogen-bond acceptors (Lipinski definition) is 4. The molecule has 0 fully saturated rings. The Balaban J connectivity index is 2.32. The van der Waals surface area contributed by atoms with E-state index in [0.717, 1.165) is 24.6 Å². The fourth-order valence-electron chi connectivity index (χ4n) is 2.01. The predicted molar refractivity (Wildman–Crippen MR) is 88.5 cm³/mol. The van der Waals surface area contributed by atoms with Crippen LogP contribution >= 0.6 is 0 Å². The SMILES string of the molecule is CCOc1ccc(OCCN(CC)CC(=O)NC(C)C)cc1. The third kappa shape index (κ3) is 7.31. The van der Waals surface area contributed by atoms with E-state index in [1.807, 2.05) is 52.0 Å². The lowest BCUT2D eigenvalue weighted by atomic mass is 10.3. The predicted octanol–water partition coefficient (Wildman–Crippen LogP) is 2.31. The maximum atomic E-state index is 11.7. The van der Waals surface area contributed by atoms with E-state index in [4.69, 9.17) is 9.47 Å².